The molecule has 4 nitrogen and oxygen atoms in total. The van der Waals surface area contributed by atoms with Gasteiger partial charge < -0.3 is 9.47 Å². The van der Waals surface area contributed by atoms with Crippen LogP contribution in [0.5, 0.6) is 5.75 Å². The molecule has 0 aliphatic rings. The molecule has 1 atom stereocenters. The maximum Gasteiger partial charge on any atom is 0.316 e. The van der Waals surface area contributed by atoms with Gasteiger partial charge in [-0.25, -0.2) is 0 Å². The lowest BCUT2D eigenvalue weighted by Crippen LogP contribution is -2.23. The van der Waals surface area contributed by atoms with E-state index in [2.05, 4.69) is 4.74 Å². The van der Waals surface area contributed by atoms with Crippen LogP contribution in [0.15, 0.2) is 24.3 Å². The third-order valence-electron chi connectivity index (χ3n) is 3.07. The van der Waals surface area contributed by atoms with E-state index in [1.165, 1.54) is 14.0 Å². The lowest BCUT2D eigenvalue weighted by molar-refractivity contribution is -0.149. The SMILES string of the molecule is COC(=O)C(CCCc1cccc(OC)c1)C(C)=O. The molecule has 0 bridgehead atoms. The van der Waals surface area contributed by atoms with Crippen molar-refractivity contribution in [3.63, 3.8) is 0 Å². The van der Waals surface area contributed by atoms with Crippen molar-refractivity contribution in [3.8, 4) is 5.75 Å². The van der Waals surface area contributed by atoms with E-state index in [9.17, 15) is 9.59 Å². The Morgan fingerprint density at radius 1 is 1.26 bits per heavy atom. The third kappa shape index (κ3) is 4.73. The van der Waals surface area contributed by atoms with E-state index < -0.39 is 11.9 Å². The highest BCUT2D eigenvalue weighted by molar-refractivity contribution is 5.97. The zero-order valence-electron chi connectivity index (χ0n) is 11.6. The van der Waals surface area contributed by atoms with Gasteiger partial charge in [-0.1, -0.05) is 12.1 Å². The highest BCUT2D eigenvalue weighted by atomic mass is 16.5. The number of carbonyl (C=O) groups is 2. The molecule has 0 fully saturated rings. The van der Waals surface area contributed by atoms with Crippen molar-refractivity contribution in [1.29, 1.82) is 0 Å². The number of rotatable bonds is 7. The van der Waals surface area contributed by atoms with Gasteiger partial charge in [0, 0.05) is 0 Å². The first-order chi connectivity index (χ1) is 9.08. The molecule has 0 aliphatic carbocycles. The van der Waals surface area contributed by atoms with E-state index in [0.29, 0.717) is 6.42 Å². The largest absolute Gasteiger partial charge is 0.497 e. The van der Waals surface area contributed by atoms with Crippen molar-refractivity contribution in [2.75, 3.05) is 14.2 Å². The number of ether oxygens (including phenoxy) is 2. The van der Waals surface area contributed by atoms with Gasteiger partial charge in [-0.15, -0.1) is 0 Å². The first kappa shape index (κ1) is 15.2. The fourth-order valence-corrected chi connectivity index (χ4v) is 1.97. The second-order valence-electron chi connectivity index (χ2n) is 4.43. The highest BCUT2D eigenvalue weighted by Gasteiger charge is 2.23. The molecule has 1 rings (SSSR count). The summed E-state index contributed by atoms with van der Waals surface area (Å²) in [6.45, 7) is 1.42. The first-order valence-electron chi connectivity index (χ1n) is 6.29. The van der Waals surface area contributed by atoms with E-state index >= 15 is 0 Å². The summed E-state index contributed by atoms with van der Waals surface area (Å²) in [4.78, 5) is 22.8. The molecule has 0 aromatic heterocycles. The Balaban J connectivity index is 2.51. The predicted octanol–water partition coefficient (Wildman–Crippen LogP) is 2.40. The maximum absolute atomic E-state index is 11.4. The zero-order valence-corrected chi connectivity index (χ0v) is 11.6. The number of hydrogen-bond acceptors (Lipinski definition) is 4. The zero-order chi connectivity index (χ0) is 14.3. The van der Waals surface area contributed by atoms with Crippen molar-refractivity contribution in [1.82, 2.24) is 0 Å². The van der Waals surface area contributed by atoms with Crippen LogP contribution in [0.2, 0.25) is 0 Å². The van der Waals surface area contributed by atoms with Crippen LogP contribution in [0.25, 0.3) is 0 Å². The van der Waals surface area contributed by atoms with Crippen LogP contribution >= 0.6 is 0 Å². The Kier molecular flexibility index (Phi) is 6.06. The molecule has 0 amide bonds. The van der Waals surface area contributed by atoms with Gasteiger partial charge >= 0.3 is 5.97 Å². The average molecular weight is 264 g/mol. The lowest BCUT2D eigenvalue weighted by Gasteiger charge is -2.11. The van der Waals surface area contributed by atoms with Crippen LogP contribution in [0.1, 0.15) is 25.3 Å². The molecule has 4 heteroatoms. The third-order valence-corrected chi connectivity index (χ3v) is 3.07. The number of methoxy groups -OCH3 is 2. The van der Waals surface area contributed by atoms with Crippen molar-refractivity contribution in [2.24, 2.45) is 5.92 Å². The van der Waals surface area contributed by atoms with Crippen molar-refractivity contribution in [2.45, 2.75) is 26.2 Å². The molecule has 0 saturated heterocycles. The summed E-state index contributed by atoms with van der Waals surface area (Å²) < 4.78 is 9.78. The Labute approximate surface area is 113 Å². The Morgan fingerprint density at radius 3 is 2.58 bits per heavy atom. The van der Waals surface area contributed by atoms with Crippen molar-refractivity contribution < 1.29 is 19.1 Å². The number of Topliss-reactive ketones (excluding diaryl/α,β-unsaturated/α-hetero) is 1. The molecule has 19 heavy (non-hydrogen) atoms. The Hall–Kier alpha value is -1.84. The molecule has 0 saturated carbocycles. The summed E-state index contributed by atoms with van der Waals surface area (Å²) in [6, 6.07) is 7.78. The number of aryl methyl sites for hydroxylation is 1. The van der Waals surface area contributed by atoms with Gasteiger partial charge in [-0.3, -0.25) is 9.59 Å². The second-order valence-corrected chi connectivity index (χ2v) is 4.43. The van der Waals surface area contributed by atoms with E-state index in [1.54, 1.807) is 7.11 Å². The standard InChI is InChI=1S/C15H20O4/c1-11(16)14(15(17)19-3)9-5-7-12-6-4-8-13(10-12)18-2/h4,6,8,10,14H,5,7,9H2,1-3H3. The normalized spacial score (nSPS) is 11.7. The molecular formula is C15H20O4. The van der Waals surface area contributed by atoms with Gasteiger partial charge in [0.2, 0.25) is 0 Å². The van der Waals surface area contributed by atoms with Gasteiger partial charge in [0.1, 0.15) is 17.5 Å². The molecule has 0 heterocycles. The maximum atomic E-state index is 11.4. The monoisotopic (exact) mass is 264 g/mol. The Bertz CT molecular complexity index is 440. The number of hydrogen-bond donors (Lipinski definition) is 0. The van der Waals surface area contributed by atoms with Crippen LogP contribution in [0.4, 0.5) is 0 Å². The molecule has 0 radical (unpaired) electrons. The van der Waals surface area contributed by atoms with E-state index in [1.807, 2.05) is 24.3 Å². The fraction of sp³-hybridized carbons (Fsp3) is 0.467. The second kappa shape index (κ2) is 7.56. The summed E-state index contributed by atoms with van der Waals surface area (Å²) in [5.41, 5.74) is 1.13. The van der Waals surface area contributed by atoms with Crippen LogP contribution in [-0.2, 0) is 20.7 Å². The molecule has 0 spiro atoms. The summed E-state index contributed by atoms with van der Waals surface area (Å²) in [5.74, 6) is -0.417. The molecule has 0 N–H and O–H groups in total. The van der Waals surface area contributed by atoms with Gasteiger partial charge in [0.15, 0.2) is 0 Å². The number of carbonyl (C=O) groups excluding carboxylic acids is 2. The summed E-state index contributed by atoms with van der Waals surface area (Å²) in [5, 5.41) is 0. The van der Waals surface area contributed by atoms with Crippen LogP contribution in [0.3, 0.4) is 0 Å². The van der Waals surface area contributed by atoms with E-state index in [4.69, 9.17) is 4.74 Å². The van der Waals surface area contributed by atoms with E-state index in [0.717, 1.165) is 24.2 Å². The molecule has 1 aromatic rings. The molecular weight excluding hydrogens is 244 g/mol. The summed E-state index contributed by atoms with van der Waals surface area (Å²) in [7, 11) is 2.93. The van der Waals surface area contributed by atoms with E-state index in [-0.39, 0.29) is 5.78 Å². The minimum Gasteiger partial charge on any atom is -0.497 e. The Morgan fingerprint density at radius 2 is 2.00 bits per heavy atom. The predicted molar refractivity (Wildman–Crippen MR) is 72.1 cm³/mol. The van der Waals surface area contributed by atoms with Crippen molar-refractivity contribution >= 4 is 11.8 Å². The average Bonchev–Trinajstić information content (AvgIpc) is 2.42. The van der Waals surface area contributed by atoms with Gasteiger partial charge in [-0.05, 0) is 43.9 Å². The van der Waals surface area contributed by atoms with Crippen LogP contribution < -0.4 is 4.74 Å². The van der Waals surface area contributed by atoms with Crippen LogP contribution in [0, 0.1) is 5.92 Å². The highest BCUT2D eigenvalue weighted by Crippen LogP contribution is 2.17. The minimum absolute atomic E-state index is 0.141. The minimum atomic E-state index is -0.643. The topological polar surface area (TPSA) is 52.6 Å². The van der Waals surface area contributed by atoms with Gasteiger partial charge in [0.25, 0.3) is 0 Å². The molecule has 0 aliphatic heterocycles. The summed E-state index contributed by atoms with van der Waals surface area (Å²) >= 11 is 0. The number of esters is 1. The molecule has 104 valence electrons. The lowest BCUT2D eigenvalue weighted by atomic mass is 9.96. The smallest absolute Gasteiger partial charge is 0.316 e. The summed E-state index contributed by atoms with van der Waals surface area (Å²) in [6.07, 6.45) is 2.07. The number of ketones is 1. The first-order valence-corrected chi connectivity index (χ1v) is 6.29. The van der Waals surface area contributed by atoms with Gasteiger partial charge in [-0.2, -0.15) is 0 Å². The molecule has 1 unspecified atom stereocenters. The quantitative estimate of drug-likeness (QED) is 0.560. The molecule has 1 aromatic carbocycles. The number of benzene rings is 1. The fourth-order valence-electron chi connectivity index (χ4n) is 1.97. The van der Waals surface area contributed by atoms with Crippen LogP contribution in [-0.4, -0.2) is 26.0 Å². The van der Waals surface area contributed by atoms with Crippen molar-refractivity contribution in [3.05, 3.63) is 29.8 Å². The van der Waals surface area contributed by atoms with Gasteiger partial charge in [0.05, 0.1) is 14.2 Å².